The third kappa shape index (κ3) is 11.1. The van der Waals surface area contributed by atoms with Crippen LogP contribution >= 0.6 is 0 Å². The van der Waals surface area contributed by atoms with Gasteiger partial charge in [0.15, 0.2) is 5.96 Å². The van der Waals surface area contributed by atoms with Crippen molar-refractivity contribution < 1.29 is 29.1 Å². The molecule has 4 unspecified atom stereocenters. The molecule has 0 spiro atoms. The highest BCUT2D eigenvalue weighted by Gasteiger charge is 2.32. The summed E-state index contributed by atoms with van der Waals surface area (Å²) in [5.74, 6) is -4.90. The first-order chi connectivity index (χ1) is 14.9. The van der Waals surface area contributed by atoms with Gasteiger partial charge in [-0.1, -0.05) is 20.3 Å². The number of carboxylic acid groups (broad SMARTS) is 1. The number of rotatable bonds is 15. The molecule has 0 radical (unpaired) electrons. The Morgan fingerprint density at radius 3 is 2.03 bits per heavy atom. The van der Waals surface area contributed by atoms with Gasteiger partial charge in [0.2, 0.25) is 23.6 Å². The molecule has 0 aromatic rings. The third-order valence-corrected chi connectivity index (χ3v) is 4.60. The van der Waals surface area contributed by atoms with Crippen LogP contribution in [-0.4, -0.2) is 71.9 Å². The quantitative estimate of drug-likeness (QED) is 0.0685. The SMILES string of the molecule is CCC(C)C(NC(=O)CN)C(=O)NC(CC(N)=O)C(=O)NC(CCCN=C(N)N)C(=O)O. The van der Waals surface area contributed by atoms with Crippen molar-refractivity contribution in [2.24, 2.45) is 33.8 Å². The number of nitrogens with zero attached hydrogens (tertiary/aromatic N) is 1. The molecule has 0 heterocycles. The second-order valence-electron chi connectivity index (χ2n) is 7.21. The molecule has 0 rings (SSSR count). The molecule has 0 aromatic heterocycles. The summed E-state index contributed by atoms with van der Waals surface area (Å²) in [5, 5.41) is 16.5. The fourth-order valence-electron chi connectivity index (χ4n) is 2.64. The van der Waals surface area contributed by atoms with Crippen molar-refractivity contribution in [2.75, 3.05) is 13.1 Å². The molecule has 32 heavy (non-hydrogen) atoms. The summed E-state index contributed by atoms with van der Waals surface area (Å²) in [7, 11) is 0. The Balaban J connectivity index is 5.37. The largest absolute Gasteiger partial charge is 0.480 e. The summed E-state index contributed by atoms with van der Waals surface area (Å²) >= 11 is 0. The van der Waals surface area contributed by atoms with Crippen LogP contribution in [0.25, 0.3) is 0 Å². The molecule has 0 saturated heterocycles. The number of guanidine groups is 1. The van der Waals surface area contributed by atoms with Crippen molar-refractivity contribution in [1.29, 1.82) is 0 Å². The molecular weight excluding hydrogens is 424 g/mol. The van der Waals surface area contributed by atoms with E-state index in [2.05, 4.69) is 20.9 Å². The van der Waals surface area contributed by atoms with E-state index in [-0.39, 0.29) is 37.8 Å². The van der Waals surface area contributed by atoms with Crippen LogP contribution in [-0.2, 0) is 24.0 Å². The van der Waals surface area contributed by atoms with Crippen molar-refractivity contribution >= 4 is 35.6 Å². The number of nitrogens with one attached hydrogen (secondary N) is 3. The number of hydrogen-bond acceptors (Lipinski definition) is 7. The first kappa shape index (κ1) is 28.6. The normalized spacial score (nSPS) is 14.2. The number of carbonyl (C=O) groups excluding carboxylic acids is 4. The minimum Gasteiger partial charge on any atom is -0.480 e. The number of amides is 4. The highest BCUT2D eigenvalue weighted by atomic mass is 16.4. The van der Waals surface area contributed by atoms with Crippen molar-refractivity contribution in [3.8, 4) is 0 Å². The Kier molecular flexibility index (Phi) is 13.0. The molecule has 4 atom stereocenters. The van der Waals surface area contributed by atoms with Crippen LogP contribution in [0.5, 0.6) is 0 Å². The molecule has 12 N–H and O–H groups in total. The van der Waals surface area contributed by atoms with Crippen molar-refractivity contribution in [3.63, 3.8) is 0 Å². The predicted molar refractivity (Wildman–Crippen MR) is 116 cm³/mol. The van der Waals surface area contributed by atoms with E-state index < -0.39 is 54.1 Å². The second-order valence-corrected chi connectivity index (χ2v) is 7.21. The van der Waals surface area contributed by atoms with E-state index in [9.17, 15) is 29.1 Å². The molecule has 0 aliphatic carbocycles. The number of nitrogens with two attached hydrogens (primary N) is 4. The lowest BCUT2D eigenvalue weighted by atomic mass is 9.97. The maximum absolute atomic E-state index is 12.7. The molecule has 0 fully saturated rings. The zero-order chi connectivity index (χ0) is 24.8. The maximum Gasteiger partial charge on any atom is 0.326 e. The number of aliphatic imine (C=N–C) groups is 1. The summed E-state index contributed by atoms with van der Waals surface area (Å²) < 4.78 is 0. The lowest BCUT2D eigenvalue weighted by Gasteiger charge is -2.26. The van der Waals surface area contributed by atoms with Gasteiger partial charge in [-0.3, -0.25) is 24.2 Å². The third-order valence-electron chi connectivity index (χ3n) is 4.60. The molecule has 14 nitrogen and oxygen atoms in total. The van der Waals surface area contributed by atoms with Gasteiger partial charge in [-0.25, -0.2) is 4.79 Å². The average Bonchev–Trinajstić information content (AvgIpc) is 2.71. The minimum absolute atomic E-state index is 0.00283. The summed E-state index contributed by atoms with van der Waals surface area (Å²) in [6.45, 7) is 3.32. The van der Waals surface area contributed by atoms with Crippen LogP contribution < -0.4 is 38.9 Å². The molecule has 0 saturated carbocycles. The van der Waals surface area contributed by atoms with E-state index in [0.29, 0.717) is 6.42 Å². The van der Waals surface area contributed by atoms with Gasteiger partial charge in [-0.2, -0.15) is 0 Å². The van der Waals surface area contributed by atoms with E-state index in [0.717, 1.165) is 0 Å². The van der Waals surface area contributed by atoms with Crippen LogP contribution in [0, 0.1) is 5.92 Å². The van der Waals surface area contributed by atoms with Crippen molar-refractivity contribution in [1.82, 2.24) is 16.0 Å². The number of carbonyl (C=O) groups is 5. The molecule has 182 valence electrons. The molecular formula is C18H34N8O6. The molecule has 4 amide bonds. The Hall–Kier alpha value is -3.42. The van der Waals surface area contributed by atoms with Gasteiger partial charge in [0.1, 0.15) is 18.1 Å². The maximum atomic E-state index is 12.7. The number of aliphatic carboxylic acids is 1. The predicted octanol–water partition coefficient (Wildman–Crippen LogP) is -3.54. The van der Waals surface area contributed by atoms with Crippen LogP contribution in [0.2, 0.25) is 0 Å². The fraction of sp³-hybridized carbons (Fsp3) is 0.667. The Bertz CT molecular complexity index is 710. The summed E-state index contributed by atoms with van der Waals surface area (Å²) in [6, 6.07) is -3.78. The van der Waals surface area contributed by atoms with E-state index in [4.69, 9.17) is 22.9 Å². The summed E-state index contributed by atoms with van der Waals surface area (Å²) in [5.41, 5.74) is 20.9. The van der Waals surface area contributed by atoms with E-state index in [1.165, 1.54) is 0 Å². The lowest BCUT2D eigenvalue weighted by Crippen LogP contribution is -2.58. The highest BCUT2D eigenvalue weighted by molar-refractivity contribution is 5.95. The first-order valence-corrected chi connectivity index (χ1v) is 10.1. The van der Waals surface area contributed by atoms with E-state index in [1.807, 2.05) is 0 Å². The van der Waals surface area contributed by atoms with Crippen LogP contribution in [0.15, 0.2) is 4.99 Å². The smallest absolute Gasteiger partial charge is 0.326 e. The summed E-state index contributed by atoms with van der Waals surface area (Å²) in [6.07, 6.45) is 0.197. The van der Waals surface area contributed by atoms with Gasteiger partial charge in [-0.15, -0.1) is 0 Å². The van der Waals surface area contributed by atoms with Gasteiger partial charge in [-0.05, 0) is 18.8 Å². The minimum atomic E-state index is -1.44. The van der Waals surface area contributed by atoms with Crippen LogP contribution in [0.3, 0.4) is 0 Å². The van der Waals surface area contributed by atoms with E-state index in [1.54, 1.807) is 13.8 Å². The monoisotopic (exact) mass is 458 g/mol. The van der Waals surface area contributed by atoms with E-state index >= 15 is 0 Å². The number of hydrogen-bond donors (Lipinski definition) is 8. The fourth-order valence-corrected chi connectivity index (χ4v) is 2.64. The van der Waals surface area contributed by atoms with Gasteiger partial charge in [0.05, 0.1) is 13.0 Å². The molecule has 0 aliphatic rings. The molecule has 0 aliphatic heterocycles. The zero-order valence-electron chi connectivity index (χ0n) is 18.3. The summed E-state index contributed by atoms with van der Waals surface area (Å²) in [4.78, 5) is 63.7. The molecule has 0 bridgehead atoms. The van der Waals surface area contributed by atoms with Gasteiger partial charge in [0, 0.05) is 6.54 Å². The lowest BCUT2D eigenvalue weighted by molar-refractivity contribution is -0.142. The number of carboxylic acids is 1. The van der Waals surface area contributed by atoms with Gasteiger partial charge < -0.3 is 44.0 Å². The zero-order valence-corrected chi connectivity index (χ0v) is 18.3. The van der Waals surface area contributed by atoms with Gasteiger partial charge >= 0.3 is 5.97 Å². The van der Waals surface area contributed by atoms with Crippen molar-refractivity contribution in [2.45, 2.75) is 57.7 Å². The Labute approximate surface area is 185 Å². The second kappa shape index (κ2) is 14.6. The Morgan fingerprint density at radius 1 is 0.969 bits per heavy atom. The Morgan fingerprint density at radius 2 is 1.56 bits per heavy atom. The van der Waals surface area contributed by atoms with Crippen LogP contribution in [0.4, 0.5) is 0 Å². The molecule has 0 aromatic carbocycles. The number of primary amides is 1. The van der Waals surface area contributed by atoms with Crippen molar-refractivity contribution in [3.05, 3.63) is 0 Å². The topological polar surface area (TPSA) is 258 Å². The standard InChI is InChI=1S/C18H34N8O6/c1-3-9(2)14(26-13(28)8-19)16(30)25-11(7-12(20)27)15(29)24-10(17(31)32)5-4-6-23-18(21)22/h9-11,14H,3-8,19H2,1-2H3,(H2,20,27)(H,24,29)(H,25,30)(H,26,28)(H,31,32)(H4,21,22,23). The highest BCUT2D eigenvalue weighted by Crippen LogP contribution is 2.09. The van der Waals surface area contributed by atoms with Crippen LogP contribution in [0.1, 0.15) is 39.5 Å². The van der Waals surface area contributed by atoms with Gasteiger partial charge in [0.25, 0.3) is 0 Å². The first-order valence-electron chi connectivity index (χ1n) is 10.1. The average molecular weight is 459 g/mol. The molecule has 14 heteroatoms.